The zero-order chi connectivity index (χ0) is 22.9. The highest BCUT2D eigenvalue weighted by molar-refractivity contribution is 5.85. The smallest absolute Gasteiger partial charge is 0.142 e. The summed E-state index contributed by atoms with van der Waals surface area (Å²) in [6.07, 6.45) is 0. The van der Waals surface area contributed by atoms with E-state index in [9.17, 15) is 0 Å². The lowest BCUT2D eigenvalue weighted by atomic mass is 10.1. The number of hydrogen-bond acceptors (Lipinski definition) is 6. The molecule has 0 amide bonds. The van der Waals surface area contributed by atoms with Crippen molar-refractivity contribution in [3.05, 3.63) is 103 Å². The quantitative estimate of drug-likeness (QED) is 0.176. The van der Waals surface area contributed by atoms with Crippen molar-refractivity contribution in [3.63, 3.8) is 0 Å². The number of ether oxygens (including phenoxy) is 1. The SMILES string of the molecule is Cl.Nc1ccc(OCCO)c(NCc2cc(Nc3ccccc3)cc(Nc3ccccc3)c2)c1. The molecule has 4 aromatic carbocycles. The normalized spacial score (nSPS) is 10.1. The van der Waals surface area contributed by atoms with E-state index >= 15 is 0 Å². The molecule has 0 atom stereocenters. The van der Waals surface area contributed by atoms with Gasteiger partial charge in [0.25, 0.3) is 0 Å². The van der Waals surface area contributed by atoms with Crippen LogP contribution in [0.5, 0.6) is 5.75 Å². The molecule has 4 aromatic rings. The van der Waals surface area contributed by atoms with Crippen molar-refractivity contribution >= 4 is 46.5 Å². The number of rotatable bonds is 10. The van der Waals surface area contributed by atoms with E-state index in [1.807, 2.05) is 72.8 Å². The molecule has 0 aliphatic rings. The summed E-state index contributed by atoms with van der Waals surface area (Å²) in [6.45, 7) is 0.735. The van der Waals surface area contributed by atoms with Gasteiger partial charge < -0.3 is 31.5 Å². The van der Waals surface area contributed by atoms with E-state index in [0.717, 1.165) is 34.0 Å². The fourth-order valence-corrected chi connectivity index (χ4v) is 3.48. The number of halogens is 1. The predicted molar refractivity (Wildman–Crippen MR) is 144 cm³/mol. The summed E-state index contributed by atoms with van der Waals surface area (Å²) >= 11 is 0. The van der Waals surface area contributed by atoms with Crippen LogP contribution in [0.15, 0.2) is 97.1 Å². The van der Waals surface area contributed by atoms with Gasteiger partial charge in [-0.1, -0.05) is 36.4 Å². The Morgan fingerprint density at radius 2 is 1.29 bits per heavy atom. The number of nitrogen functional groups attached to an aromatic ring is 1. The van der Waals surface area contributed by atoms with Gasteiger partial charge in [-0.2, -0.15) is 0 Å². The van der Waals surface area contributed by atoms with E-state index in [2.05, 4.69) is 34.1 Å². The highest BCUT2D eigenvalue weighted by atomic mass is 35.5. The molecule has 0 heterocycles. The van der Waals surface area contributed by atoms with Crippen molar-refractivity contribution in [2.75, 3.05) is 34.9 Å². The zero-order valence-corrected chi connectivity index (χ0v) is 19.5. The molecule has 7 heteroatoms. The molecule has 0 aliphatic carbocycles. The van der Waals surface area contributed by atoms with Crippen LogP contribution in [0.25, 0.3) is 0 Å². The lowest BCUT2D eigenvalue weighted by Gasteiger charge is -2.16. The number of anilines is 6. The second-order valence-electron chi connectivity index (χ2n) is 7.58. The second-order valence-corrected chi connectivity index (χ2v) is 7.58. The minimum absolute atomic E-state index is 0. The molecule has 0 aliphatic heterocycles. The Morgan fingerprint density at radius 1 is 0.706 bits per heavy atom. The fraction of sp³-hybridized carbons (Fsp3) is 0.111. The number of benzene rings is 4. The van der Waals surface area contributed by atoms with Gasteiger partial charge in [-0.05, 0) is 66.2 Å². The summed E-state index contributed by atoms with van der Waals surface area (Å²) in [4.78, 5) is 0. The predicted octanol–water partition coefficient (Wildman–Crippen LogP) is 6.16. The van der Waals surface area contributed by atoms with Crippen LogP contribution in [0.3, 0.4) is 0 Å². The zero-order valence-electron chi connectivity index (χ0n) is 18.7. The third-order valence-corrected chi connectivity index (χ3v) is 4.95. The molecule has 0 aromatic heterocycles. The maximum Gasteiger partial charge on any atom is 0.142 e. The van der Waals surface area contributed by atoms with Crippen molar-refractivity contribution in [3.8, 4) is 5.75 Å². The van der Waals surface area contributed by atoms with Crippen LogP contribution in [0.4, 0.5) is 34.1 Å². The van der Waals surface area contributed by atoms with Gasteiger partial charge in [0, 0.05) is 35.0 Å². The van der Waals surface area contributed by atoms with Crippen molar-refractivity contribution in [1.82, 2.24) is 0 Å². The molecule has 0 radical (unpaired) electrons. The molecule has 0 fully saturated rings. The molecular weight excluding hydrogens is 448 g/mol. The van der Waals surface area contributed by atoms with Gasteiger partial charge in [-0.15, -0.1) is 12.4 Å². The summed E-state index contributed by atoms with van der Waals surface area (Å²) in [7, 11) is 0. The van der Waals surface area contributed by atoms with E-state index < -0.39 is 0 Å². The third-order valence-electron chi connectivity index (χ3n) is 4.95. The van der Waals surface area contributed by atoms with Crippen molar-refractivity contribution < 1.29 is 9.84 Å². The van der Waals surface area contributed by atoms with Crippen LogP contribution in [0, 0.1) is 0 Å². The second kappa shape index (κ2) is 12.4. The van der Waals surface area contributed by atoms with Gasteiger partial charge in [0.15, 0.2) is 0 Å². The Bertz CT molecular complexity index is 1110. The van der Waals surface area contributed by atoms with Crippen molar-refractivity contribution in [1.29, 1.82) is 0 Å². The van der Waals surface area contributed by atoms with E-state index in [1.165, 1.54) is 0 Å². The molecule has 0 spiro atoms. The first-order valence-electron chi connectivity index (χ1n) is 10.8. The summed E-state index contributed by atoms with van der Waals surface area (Å²) in [5.41, 5.74) is 12.5. The van der Waals surface area contributed by atoms with Gasteiger partial charge in [0.2, 0.25) is 0 Å². The minimum atomic E-state index is -0.0501. The summed E-state index contributed by atoms with van der Waals surface area (Å²) in [6, 6.07) is 31.9. The molecule has 176 valence electrons. The largest absolute Gasteiger partial charge is 0.489 e. The Hall–Kier alpha value is -3.87. The van der Waals surface area contributed by atoms with E-state index in [0.29, 0.717) is 18.0 Å². The summed E-state index contributed by atoms with van der Waals surface area (Å²) < 4.78 is 5.64. The van der Waals surface area contributed by atoms with Gasteiger partial charge in [0.1, 0.15) is 12.4 Å². The molecule has 0 unspecified atom stereocenters. The Labute approximate surface area is 206 Å². The van der Waals surface area contributed by atoms with Crippen LogP contribution < -0.4 is 26.4 Å². The highest BCUT2D eigenvalue weighted by Gasteiger charge is 2.07. The average Bonchev–Trinajstić information content (AvgIpc) is 2.83. The van der Waals surface area contributed by atoms with Crippen LogP contribution in [-0.2, 0) is 6.54 Å². The molecule has 0 bridgehead atoms. The standard InChI is InChI=1S/C27H28N4O2.ClH/c28-21-11-12-27(33-14-13-32)26(17-21)29-19-20-15-24(30-22-7-3-1-4-8-22)18-25(16-20)31-23-9-5-2-6-10-23;/h1-12,15-18,29-32H,13-14,19,28H2;1H. The number of aliphatic hydroxyl groups is 1. The van der Waals surface area contributed by atoms with Gasteiger partial charge in [0.05, 0.1) is 12.3 Å². The van der Waals surface area contributed by atoms with E-state index in [4.69, 9.17) is 15.6 Å². The minimum Gasteiger partial charge on any atom is -0.489 e. The van der Waals surface area contributed by atoms with Crippen LogP contribution >= 0.6 is 12.4 Å². The topological polar surface area (TPSA) is 91.6 Å². The van der Waals surface area contributed by atoms with Crippen LogP contribution in [0.1, 0.15) is 5.56 Å². The van der Waals surface area contributed by atoms with Gasteiger partial charge in [-0.3, -0.25) is 0 Å². The first-order valence-corrected chi connectivity index (χ1v) is 10.8. The lowest BCUT2D eigenvalue weighted by Crippen LogP contribution is -2.07. The number of nitrogens with two attached hydrogens (primary N) is 1. The number of aliphatic hydroxyl groups excluding tert-OH is 1. The van der Waals surface area contributed by atoms with Crippen LogP contribution in [-0.4, -0.2) is 18.3 Å². The third kappa shape index (κ3) is 7.07. The summed E-state index contributed by atoms with van der Waals surface area (Å²) in [5.74, 6) is 0.652. The molecule has 6 N–H and O–H groups in total. The summed E-state index contributed by atoms with van der Waals surface area (Å²) in [5, 5.41) is 19.5. The van der Waals surface area contributed by atoms with E-state index in [1.54, 1.807) is 6.07 Å². The molecule has 6 nitrogen and oxygen atoms in total. The molecule has 4 rings (SSSR count). The monoisotopic (exact) mass is 476 g/mol. The Kier molecular flexibility index (Phi) is 9.03. The number of para-hydroxylation sites is 2. The number of hydrogen-bond donors (Lipinski definition) is 5. The van der Waals surface area contributed by atoms with E-state index in [-0.39, 0.29) is 25.6 Å². The number of nitrogens with one attached hydrogen (secondary N) is 3. The van der Waals surface area contributed by atoms with Crippen molar-refractivity contribution in [2.24, 2.45) is 0 Å². The Morgan fingerprint density at radius 3 is 1.85 bits per heavy atom. The highest BCUT2D eigenvalue weighted by Crippen LogP contribution is 2.29. The first kappa shape index (κ1) is 24.8. The molecule has 0 saturated heterocycles. The van der Waals surface area contributed by atoms with Gasteiger partial charge in [-0.25, -0.2) is 0 Å². The first-order chi connectivity index (χ1) is 16.2. The maximum absolute atomic E-state index is 9.10. The average molecular weight is 477 g/mol. The molecular formula is C27H29ClN4O2. The fourth-order valence-electron chi connectivity index (χ4n) is 3.48. The molecule has 0 saturated carbocycles. The molecule has 34 heavy (non-hydrogen) atoms. The van der Waals surface area contributed by atoms with Gasteiger partial charge >= 0.3 is 0 Å². The van der Waals surface area contributed by atoms with Crippen LogP contribution in [0.2, 0.25) is 0 Å². The Balaban J connectivity index is 0.00000324. The maximum atomic E-state index is 9.10. The lowest BCUT2D eigenvalue weighted by molar-refractivity contribution is 0.202. The van der Waals surface area contributed by atoms with Crippen molar-refractivity contribution in [2.45, 2.75) is 6.54 Å².